The van der Waals surface area contributed by atoms with Gasteiger partial charge in [0, 0.05) is 48.2 Å². The molecule has 2 aliphatic heterocycles. The van der Waals surface area contributed by atoms with Crippen LogP contribution in [0.3, 0.4) is 0 Å². The lowest BCUT2D eigenvalue weighted by Crippen LogP contribution is -2.55. The lowest BCUT2D eigenvalue weighted by molar-refractivity contribution is -0.0141. The number of likely N-dealkylation sites (tertiary alicyclic amines) is 1. The zero-order valence-electron chi connectivity index (χ0n) is 22.7. The van der Waals surface area contributed by atoms with Gasteiger partial charge >= 0.3 is 6.09 Å². The average Bonchev–Trinajstić information content (AvgIpc) is 3.22. The number of hydrogen-bond donors (Lipinski definition) is 3. The molecule has 206 valence electrons. The number of benzene rings is 1. The highest BCUT2D eigenvalue weighted by molar-refractivity contribution is 6.06. The van der Waals surface area contributed by atoms with Crippen LogP contribution in [0, 0.1) is 5.82 Å². The molecule has 3 N–H and O–H groups in total. The minimum Gasteiger partial charge on any atom is -0.489 e. The maximum absolute atomic E-state index is 14.6. The van der Waals surface area contributed by atoms with Gasteiger partial charge in [-0.15, -0.1) is 0 Å². The van der Waals surface area contributed by atoms with Crippen LogP contribution < -0.4 is 15.4 Å². The number of fused-ring (bicyclic) bond motifs is 1. The minimum absolute atomic E-state index is 0.118. The molecule has 2 aromatic heterocycles. The van der Waals surface area contributed by atoms with Crippen LogP contribution in [0.15, 0.2) is 36.7 Å². The van der Waals surface area contributed by atoms with Crippen LogP contribution in [0.5, 0.6) is 5.75 Å². The summed E-state index contributed by atoms with van der Waals surface area (Å²) in [5.74, 6) is 0.00104. The fraction of sp³-hybridized carbons (Fsp3) is 0.414. The van der Waals surface area contributed by atoms with Gasteiger partial charge in [-0.2, -0.15) is 0 Å². The number of pyridine rings is 1. The molecule has 0 radical (unpaired) electrons. The van der Waals surface area contributed by atoms with Gasteiger partial charge in [0.05, 0.1) is 29.2 Å². The molecular weight excluding hydrogens is 501 g/mol. The van der Waals surface area contributed by atoms with E-state index in [4.69, 9.17) is 9.47 Å². The Morgan fingerprint density at radius 3 is 2.82 bits per heavy atom. The zero-order chi connectivity index (χ0) is 27.7. The molecule has 0 aliphatic carbocycles. The van der Waals surface area contributed by atoms with Crippen molar-refractivity contribution in [3.63, 3.8) is 0 Å². The van der Waals surface area contributed by atoms with Crippen molar-refractivity contribution in [1.29, 1.82) is 0 Å². The van der Waals surface area contributed by atoms with E-state index in [9.17, 15) is 14.0 Å². The Kier molecular flexibility index (Phi) is 7.20. The zero-order valence-corrected chi connectivity index (χ0v) is 22.7. The number of aromatic amines is 1. The number of H-pyrrole nitrogens is 1. The lowest BCUT2D eigenvalue weighted by Gasteiger charge is -2.41. The number of ether oxygens (including phenoxy) is 2. The van der Waals surface area contributed by atoms with Gasteiger partial charge in [0.25, 0.3) is 5.91 Å². The Morgan fingerprint density at radius 2 is 2.10 bits per heavy atom. The first kappa shape index (κ1) is 26.5. The second-order valence-electron chi connectivity index (χ2n) is 10.8. The maximum Gasteiger partial charge on any atom is 0.410 e. The van der Waals surface area contributed by atoms with Gasteiger partial charge in [-0.3, -0.25) is 9.78 Å². The van der Waals surface area contributed by atoms with Gasteiger partial charge in [0.2, 0.25) is 0 Å². The van der Waals surface area contributed by atoms with Crippen LogP contribution >= 0.6 is 0 Å². The molecule has 1 atom stereocenters. The van der Waals surface area contributed by atoms with Gasteiger partial charge in [-0.05, 0) is 51.8 Å². The molecule has 3 aromatic rings. The Labute approximate surface area is 227 Å². The molecule has 0 unspecified atom stereocenters. The van der Waals surface area contributed by atoms with Crippen LogP contribution in [-0.4, -0.2) is 58.2 Å². The summed E-state index contributed by atoms with van der Waals surface area (Å²) in [6, 6.07) is 6.57. The van der Waals surface area contributed by atoms with E-state index in [-0.39, 0.29) is 30.5 Å². The summed E-state index contributed by atoms with van der Waals surface area (Å²) in [5, 5.41) is 6.26. The van der Waals surface area contributed by atoms with E-state index in [0.717, 1.165) is 12.1 Å². The molecule has 9 nitrogen and oxygen atoms in total. The number of halogens is 1. The fourth-order valence-corrected chi connectivity index (χ4v) is 4.94. The molecule has 5 rings (SSSR count). The Balaban J connectivity index is 1.46. The van der Waals surface area contributed by atoms with E-state index in [0.29, 0.717) is 65.4 Å². The molecule has 2 amide bonds. The summed E-state index contributed by atoms with van der Waals surface area (Å²) >= 11 is 0. The normalized spacial score (nSPS) is 16.7. The van der Waals surface area contributed by atoms with Crippen molar-refractivity contribution in [3.8, 4) is 17.0 Å². The third-order valence-corrected chi connectivity index (χ3v) is 6.95. The molecule has 2 aliphatic rings. The van der Waals surface area contributed by atoms with E-state index in [1.165, 1.54) is 6.07 Å². The fourth-order valence-electron chi connectivity index (χ4n) is 4.94. The highest BCUT2D eigenvalue weighted by atomic mass is 19.1. The number of aromatic nitrogens is 2. The monoisotopic (exact) mass is 535 g/mol. The summed E-state index contributed by atoms with van der Waals surface area (Å²) in [5.41, 5.74) is 3.76. The largest absolute Gasteiger partial charge is 0.489 e. The van der Waals surface area contributed by atoms with Gasteiger partial charge in [-0.25, -0.2) is 9.18 Å². The van der Waals surface area contributed by atoms with Crippen molar-refractivity contribution in [2.45, 2.75) is 58.6 Å². The molecule has 4 heterocycles. The Hall–Kier alpha value is -4.08. The van der Waals surface area contributed by atoms with Gasteiger partial charge in [0.15, 0.2) is 0 Å². The molecule has 1 saturated heterocycles. The van der Waals surface area contributed by atoms with E-state index in [2.05, 4.69) is 20.6 Å². The quantitative estimate of drug-likeness (QED) is 0.384. The van der Waals surface area contributed by atoms with E-state index >= 15 is 0 Å². The summed E-state index contributed by atoms with van der Waals surface area (Å²) in [4.78, 5) is 34.9. The first-order chi connectivity index (χ1) is 18.7. The number of carbonyl (C=O) groups is 2. The summed E-state index contributed by atoms with van der Waals surface area (Å²) in [6.07, 6.45) is 4.84. The van der Waals surface area contributed by atoms with Crippen LogP contribution in [0.2, 0.25) is 0 Å². The molecule has 0 spiro atoms. The van der Waals surface area contributed by atoms with Crippen LogP contribution in [0.25, 0.3) is 11.3 Å². The molecule has 1 aromatic carbocycles. The number of nitrogens with one attached hydrogen (secondary N) is 3. The van der Waals surface area contributed by atoms with E-state index in [1.54, 1.807) is 29.4 Å². The molecule has 0 bridgehead atoms. The predicted octanol–water partition coefficient (Wildman–Crippen LogP) is 5.20. The number of rotatable bonds is 7. The number of amides is 2. The summed E-state index contributed by atoms with van der Waals surface area (Å²) in [6.45, 7) is 8.81. The molecule has 0 saturated carbocycles. The Morgan fingerprint density at radius 1 is 1.28 bits per heavy atom. The van der Waals surface area contributed by atoms with Crippen LogP contribution in [0.4, 0.5) is 20.6 Å². The minimum atomic E-state index is -0.573. The van der Waals surface area contributed by atoms with Crippen molar-refractivity contribution in [2.75, 3.05) is 25.0 Å². The number of anilines is 2. The molecule has 39 heavy (non-hydrogen) atoms. The second-order valence-corrected chi connectivity index (χ2v) is 10.8. The predicted molar refractivity (Wildman–Crippen MR) is 146 cm³/mol. The highest BCUT2D eigenvalue weighted by Crippen LogP contribution is 2.41. The Bertz CT molecular complexity index is 1400. The summed E-state index contributed by atoms with van der Waals surface area (Å²) in [7, 11) is 0. The third kappa shape index (κ3) is 5.41. The topological polar surface area (TPSA) is 109 Å². The average molecular weight is 536 g/mol. The summed E-state index contributed by atoms with van der Waals surface area (Å²) < 4.78 is 26.3. The smallest absolute Gasteiger partial charge is 0.410 e. The molecular formula is C29H34FN5O4. The van der Waals surface area contributed by atoms with Crippen molar-refractivity contribution in [1.82, 2.24) is 20.2 Å². The van der Waals surface area contributed by atoms with E-state index in [1.807, 2.05) is 33.8 Å². The molecule has 10 heteroatoms. The lowest BCUT2D eigenvalue weighted by atomic mass is 10.0. The molecule has 1 fully saturated rings. The number of nitrogens with zero attached hydrogens (tertiary/aromatic N) is 2. The highest BCUT2D eigenvalue weighted by Gasteiger charge is 2.36. The van der Waals surface area contributed by atoms with Crippen molar-refractivity contribution in [2.24, 2.45) is 0 Å². The van der Waals surface area contributed by atoms with Crippen molar-refractivity contribution < 1.29 is 23.5 Å². The van der Waals surface area contributed by atoms with Crippen LogP contribution in [-0.2, 0) is 17.6 Å². The first-order valence-electron chi connectivity index (χ1n) is 13.3. The van der Waals surface area contributed by atoms with E-state index < -0.39 is 5.60 Å². The second kappa shape index (κ2) is 10.6. The van der Waals surface area contributed by atoms with Crippen molar-refractivity contribution in [3.05, 3.63) is 59.3 Å². The third-order valence-electron chi connectivity index (χ3n) is 6.95. The number of hydrogen-bond acceptors (Lipinski definition) is 6. The van der Waals surface area contributed by atoms with Crippen molar-refractivity contribution >= 4 is 23.4 Å². The van der Waals surface area contributed by atoms with Crippen LogP contribution in [0.1, 0.15) is 55.7 Å². The van der Waals surface area contributed by atoms with Gasteiger partial charge in [0.1, 0.15) is 23.8 Å². The standard InChI is InChI=1S/C29H34FN5O4/c1-5-18-20(30)7-6-8-21(18)33-26-24-22(10-13-32-27(24)36)34-25(26)19-9-12-31-15-23(19)38-16-17-11-14-35(17)28(37)39-29(2,3)4/h6-9,12,15,17,33-34H,5,10-11,13-14,16H2,1-4H3,(H,32,36)/t17-/m1/s1. The SMILES string of the molecule is CCc1c(F)cccc1Nc1c(-c2ccncc2OC[C@H]2CCN2C(=O)OC(C)(C)C)[nH]c2c1C(=O)NCC2. The first-order valence-corrected chi connectivity index (χ1v) is 13.3. The van der Waals surface area contributed by atoms with Gasteiger partial charge in [-0.1, -0.05) is 13.0 Å². The number of carbonyl (C=O) groups excluding carboxylic acids is 2. The maximum atomic E-state index is 14.6. The van der Waals surface area contributed by atoms with Gasteiger partial charge < -0.3 is 30.0 Å².